The molecule has 0 N–H and O–H groups in total. The zero-order valence-corrected chi connectivity index (χ0v) is 34.7. The molecule has 288 valence electrons. The predicted molar refractivity (Wildman–Crippen MR) is 256 cm³/mol. The Hall–Kier alpha value is -6.90. The summed E-state index contributed by atoms with van der Waals surface area (Å²) in [6, 6.07) is 69.1. The summed E-state index contributed by atoms with van der Waals surface area (Å²) in [5.41, 5.74) is 14.1. The van der Waals surface area contributed by atoms with Crippen molar-refractivity contribution in [2.75, 3.05) is 9.80 Å². The molecule has 0 saturated heterocycles. The van der Waals surface area contributed by atoms with E-state index in [0.29, 0.717) is 0 Å². The third kappa shape index (κ3) is 9.90. The molecule has 0 heterocycles. The van der Waals surface area contributed by atoms with Crippen LogP contribution in [0.15, 0.2) is 194 Å². The van der Waals surface area contributed by atoms with Gasteiger partial charge in [-0.2, -0.15) is 0 Å². The van der Waals surface area contributed by atoms with Crippen LogP contribution in [0.5, 0.6) is 0 Å². The molecule has 0 amide bonds. The van der Waals surface area contributed by atoms with E-state index < -0.39 is 0 Å². The Bertz CT molecular complexity index is 2370. The summed E-state index contributed by atoms with van der Waals surface area (Å²) < 4.78 is 0. The highest BCUT2D eigenvalue weighted by atomic mass is 15.1. The van der Waals surface area contributed by atoms with Gasteiger partial charge in [0.2, 0.25) is 0 Å². The number of rotatable bonds is 10. The van der Waals surface area contributed by atoms with Crippen LogP contribution in [-0.4, -0.2) is 0 Å². The molecular formula is C56H54N2. The van der Waals surface area contributed by atoms with E-state index >= 15 is 0 Å². The molecule has 0 aliphatic rings. The van der Waals surface area contributed by atoms with Crippen LogP contribution in [0.25, 0.3) is 35.1 Å². The Morgan fingerprint density at radius 1 is 0.293 bits per heavy atom. The van der Waals surface area contributed by atoms with Gasteiger partial charge in [-0.15, -0.1) is 0 Å². The van der Waals surface area contributed by atoms with E-state index in [1.165, 1.54) is 44.4 Å². The number of hydrogen-bond donors (Lipinski definition) is 0. The van der Waals surface area contributed by atoms with Crippen LogP contribution < -0.4 is 9.80 Å². The summed E-state index contributed by atoms with van der Waals surface area (Å²) in [6.07, 6.45) is 8.77. The lowest BCUT2D eigenvalue weighted by Crippen LogP contribution is -2.11. The minimum absolute atomic E-state index is 1.13. The highest BCUT2D eigenvalue weighted by Gasteiger charge is 2.15. The fraction of sp³-hybridized carbons (Fsp3) is 0.107. The second kappa shape index (κ2) is 20.3. The molecule has 0 unspecified atom stereocenters. The Morgan fingerprint density at radius 3 is 0.948 bits per heavy atom. The summed E-state index contributed by atoms with van der Waals surface area (Å²) in [5, 5.41) is 2.45. The quantitative estimate of drug-likeness (QED) is 0.128. The Morgan fingerprint density at radius 2 is 0.586 bits per heavy atom. The van der Waals surface area contributed by atoms with Crippen LogP contribution in [-0.2, 0) is 0 Å². The molecule has 0 radical (unpaired) electrons. The van der Waals surface area contributed by atoms with Gasteiger partial charge in [0, 0.05) is 34.1 Å². The average Bonchev–Trinajstić information content (AvgIpc) is 3.29. The van der Waals surface area contributed by atoms with E-state index in [0.717, 1.165) is 33.9 Å². The average molecular weight is 755 g/mol. The molecule has 0 fully saturated rings. The monoisotopic (exact) mass is 754 g/mol. The van der Waals surface area contributed by atoms with E-state index in [1.54, 1.807) is 0 Å². The van der Waals surface area contributed by atoms with Crippen LogP contribution in [0.2, 0.25) is 0 Å². The van der Waals surface area contributed by atoms with Crippen molar-refractivity contribution >= 4 is 69.2 Å². The minimum atomic E-state index is 1.13. The molecule has 0 atom stereocenters. The van der Waals surface area contributed by atoms with Gasteiger partial charge >= 0.3 is 0 Å². The molecule has 0 spiro atoms. The first-order valence-corrected chi connectivity index (χ1v) is 20.5. The van der Waals surface area contributed by atoms with Crippen LogP contribution in [0, 0.1) is 13.8 Å². The molecule has 0 bridgehead atoms. The van der Waals surface area contributed by atoms with Crippen molar-refractivity contribution in [2.45, 2.75) is 41.5 Å². The number of aryl methyl sites for hydroxylation is 2. The SMILES string of the molecule is CC.CC.Cc1ccccc1N(c1ccccc1)c1ccc(C=Cc2ccc3cc(C=Cc4ccc(N(c5ccccc5)c5ccccc5C)cc4)ccc3c2)cc1. The van der Waals surface area contributed by atoms with Gasteiger partial charge < -0.3 is 9.80 Å². The fourth-order valence-electron chi connectivity index (χ4n) is 6.98. The van der Waals surface area contributed by atoms with Crippen LogP contribution in [0.4, 0.5) is 34.1 Å². The standard InChI is InChI=1S/C52H42N2.2C2H6/c1-39-13-9-11-19-51(39)53(47-15-5-3-6-16-47)49-33-27-41(28-34-49)21-23-43-25-31-46-38-44(26-32-45(46)37-43)24-22-42-29-35-50(36-30-42)54(48-17-7-4-8-18-48)52-20-12-10-14-40(52)2;2*1-2/h3-38H,1-2H3;2*1-2H3. The second-order valence-corrected chi connectivity index (χ2v) is 13.6. The molecule has 0 aromatic heterocycles. The van der Waals surface area contributed by atoms with Crippen LogP contribution in [0.3, 0.4) is 0 Å². The number of hydrogen-bond acceptors (Lipinski definition) is 2. The second-order valence-electron chi connectivity index (χ2n) is 13.6. The molecule has 8 rings (SSSR count). The molecular weight excluding hydrogens is 701 g/mol. The number of anilines is 6. The van der Waals surface area contributed by atoms with Crippen molar-refractivity contribution in [2.24, 2.45) is 0 Å². The fourth-order valence-corrected chi connectivity index (χ4v) is 6.98. The molecule has 0 aliphatic heterocycles. The Kier molecular flexibility index (Phi) is 14.3. The molecule has 0 aliphatic carbocycles. The number of para-hydroxylation sites is 4. The molecule has 0 saturated carbocycles. The lowest BCUT2D eigenvalue weighted by Gasteiger charge is -2.27. The van der Waals surface area contributed by atoms with Gasteiger partial charge in [-0.3, -0.25) is 0 Å². The van der Waals surface area contributed by atoms with Gasteiger partial charge in [0.25, 0.3) is 0 Å². The van der Waals surface area contributed by atoms with E-state index in [-0.39, 0.29) is 0 Å². The molecule has 8 aromatic carbocycles. The van der Waals surface area contributed by atoms with E-state index in [2.05, 4.69) is 242 Å². The van der Waals surface area contributed by atoms with Crippen molar-refractivity contribution in [3.8, 4) is 0 Å². The number of nitrogens with zero attached hydrogens (tertiary/aromatic N) is 2. The molecule has 2 heteroatoms. The normalized spacial score (nSPS) is 10.8. The van der Waals surface area contributed by atoms with Crippen molar-refractivity contribution in [1.82, 2.24) is 0 Å². The first-order valence-electron chi connectivity index (χ1n) is 20.5. The van der Waals surface area contributed by atoms with Gasteiger partial charge in [0.1, 0.15) is 0 Å². The minimum Gasteiger partial charge on any atom is -0.310 e. The highest BCUT2D eigenvalue weighted by molar-refractivity contribution is 5.89. The van der Waals surface area contributed by atoms with E-state index in [4.69, 9.17) is 0 Å². The van der Waals surface area contributed by atoms with Gasteiger partial charge in [-0.25, -0.2) is 0 Å². The predicted octanol–water partition coefficient (Wildman–Crippen LogP) is 16.8. The van der Waals surface area contributed by atoms with Crippen molar-refractivity contribution in [3.05, 3.63) is 228 Å². The maximum atomic E-state index is 2.32. The molecule has 2 nitrogen and oxygen atoms in total. The van der Waals surface area contributed by atoms with Gasteiger partial charge in [-0.1, -0.05) is 173 Å². The number of fused-ring (bicyclic) bond motifs is 1. The van der Waals surface area contributed by atoms with Gasteiger partial charge in [0.15, 0.2) is 0 Å². The van der Waals surface area contributed by atoms with Gasteiger partial charge in [0.05, 0.1) is 0 Å². The number of benzene rings is 8. The highest BCUT2D eigenvalue weighted by Crippen LogP contribution is 2.38. The van der Waals surface area contributed by atoms with Crippen molar-refractivity contribution in [3.63, 3.8) is 0 Å². The Balaban J connectivity index is 0.00000138. The maximum Gasteiger partial charge on any atom is 0.0490 e. The lowest BCUT2D eigenvalue weighted by molar-refractivity contribution is 1.25. The topological polar surface area (TPSA) is 6.48 Å². The van der Waals surface area contributed by atoms with Crippen molar-refractivity contribution in [1.29, 1.82) is 0 Å². The third-order valence-electron chi connectivity index (χ3n) is 9.87. The molecule has 58 heavy (non-hydrogen) atoms. The largest absolute Gasteiger partial charge is 0.310 e. The summed E-state index contributed by atoms with van der Waals surface area (Å²) >= 11 is 0. The summed E-state index contributed by atoms with van der Waals surface area (Å²) in [6.45, 7) is 12.3. The summed E-state index contributed by atoms with van der Waals surface area (Å²) in [4.78, 5) is 4.64. The van der Waals surface area contributed by atoms with Crippen molar-refractivity contribution < 1.29 is 0 Å². The smallest absolute Gasteiger partial charge is 0.0490 e. The summed E-state index contributed by atoms with van der Waals surface area (Å²) in [5.74, 6) is 0. The van der Waals surface area contributed by atoms with Crippen LogP contribution in [0.1, 0.15) is 61.1 Å². The van der Waals surface area contributed by atoms with Gasteiger partial charge in [-0.05, 0) is 131 Å². The maximum absolute atomic E-state index is 2.32. The van der Waals surface area contributed by atoms with E-state index in [1.807, 2.05) is 27.7 Å². The summed E-state index contributed by atoms with van der Waals surface area (Å²) in [7, 11) is 0. The first-order chi connectivity index (χ1) is 28.6. The zero-order chi connectivity index (χ0) is 40.7. The Labute approximate surface area is 346 Å². The van der Waals surface area contributed by atoms with Crippen LogP contribution >= 0.6 is 0 Å². The first kappa shape index (κ1) is 40.8. The van der Waals surface area contributed by atoms with E-state index in [9.17, 15) is 0 Å². The zero-order valence-electron chi connectivity index (χ0n) is 34.7. The third-order valence-corrected chi connectivity index (χ3v) is 9.87. The lowest BCUT2D eigenvalue weighted by atomic mass is 10.0. The molecule has 8 aromatic rings.